The van der Waals surface area contributed by atoms with Crippen LogP contribution < -0.4 is 4.90 Å². The second-order valence-corrected chi connectivity index (χ2v) is 8.96. The third-order valence-corrected chi connectivity index (χ3v) is 6.64. The summed E-state index contributed by atoms with van der Waals surface area (Å²) in [6, 6.07) is 16.4. The molecule has 1 amide bonds. The van der Waals surface area contributed by atoms with E-state index in [1.54, 1.807) is 24.2 Å². The van der Waals surface area contributed by atoms with Crippen LogP contribution in [0.3, 0.4) is 0 Å². The third-order valence-electron chi connectivity index (χ3n) is 6.41. The van der Waals surface area contributed by atoms with Gasteiger partial charge in [0, 0.05) is 28.6 Å². The largest absolute Gasteiger partial charge is 0.313 e. The molecule has 0 saturated carbocycles. The van der Waals surface area contributed by atoms with Crippen molar-refractivity contribution < 1.29 is 9.18 Å². The lowest BCUT2D eigenvalue weighted by Gasteiger charge is -2.25. The molecule has 4 rings (SSSR count). The van der Waals surface area contributed by atoms with Gasteiger partial charge in [0.05, 0.1) is 23.3 Å². The van der Waals surface area contributed by atoms with Gasteiger partial charge in [-0.3, -0.25) is 9.78 Å². The Morgan fingerprint density at radius 2 is 1.76 bits per heavy atom. The highest BCUT2D eigenvalue weighted by molar-refractivity contribution is 6.31. The molecule has 0 N–H and O–H groups in total. The Balaban J connectivity index is 1.81. The maximum absolute atomic E-state index is 14.7. The highest BCUT2D eigenvalue weighted by Crippen LogP contribution is 2.37. The molecule has 0 aliphatic rings. The lowest BCUT2D eigenvalue weighted by molar-refractivity contribution is -0.119. The number of aromatic nitrogens is 1. The minimum atomic E-state index is -0.349. The number of benzene rings is 3. The zero-order valence-corrected chi connectivity index (χ0v) is 20.2. The van der Waals surface area contributed by atoms with E-state index in [0.717, 1.165) is 33.3 Å². The Kier molecular flexibility index (Phi) is 6.22. The number of nitrogens with zero attached hydrogens (tertiary/aromatic N) is 2. The number of amides is 1. The van der Waals surface area contributed by atoms with Crippen molar-refractivity contribution in [2.24, 2.45) is 0 Å². The number of hydrogen-bond acceptors (Lipinski definition) is 2. The monoisotopic (exact) mass is 460 g/mol. The summed E-state index contributed by atoms with van der Waals surface area (Å²) >= 11 is 6.16. The van der Waals surface area contributed by atoms with Crippen LogP contribution in [-0.2, 0) is 4.79 Å². The summed E-state index contributed by atoms with van der Waals surface area (Å²) < 4.78 is 14.7. The summed E-state index contributed by atoms with van der Waals surface area (Å²) in [5.41, 5.74) is 6.46. The van der Waals surface area contributed by atoms with E-state index in [1.165, 1.54) is 12.1 Å². The predicted octanol–water partition coefficient (Wildman–Crippen LogP) is 7.39. The van der Waals surface area contributed by atoms with Gasteiger partial charge in [-0.15, -0.1) is 0 Å². The minimum absolute atomic E-state index is 0.0122. The zero-order chi connectivity index (χ0) is 23.9. The third kappa shape index (κ3) is 4.11. The molecular formula is C28H26ClFN2O. The molecule has 0 aliphatic carbocycles. The van der Waals surface area contributed by atoms with Crippen molar-refractivity contribution in [2.45, 2.75) is 33.6 Å². The first-order valence-corrected chi connectivity index (χ1v) is 11.3. The molecule has 1 unspecified atom stereocenters. The molecule has 3 aromatic carbocycles. The average Bonchev–Trinajstić information content (AvgIpc) is 2.80. The summed E-state index contributed by atoms with van der Waals surface area (Å²) in [7, 11) is 1.78. The van der Waals surface area contributed by atoms with Crippen molar-refractivity contribution in [3.8, 4) is 11.1 Å². The first-order chi connectivity index (χ1) is 15.7. The van der Waals surface area contributed by atoms with Crippen LogP contribution in [-0.4, -0.2) is 17.9 Å². The molecule has 3 nitrogen and oxygen atoms in total. The molecule has 168 valence electrons. The standard InChI is InChI=1S/C28H26ClFN2O/c1-16-8-6-7-9-21(16)19(4)28(33)32(5)25-15-31-27-22(18(25)3)12-10-17(2)26(27)23-14-20(29)11-13-24(23)30/h6-15,19H,1-5H3. The molecular weight excluding hydrogens is 435 g/mol. The first kappa shape index (κ1) is 22.9. The maximum atomic E-state index is 14.7. The van der Waals surface area contributed by atoms with Gasteiger partial charge < -0.3 is 4.90 Å². The van der Waals surface area contributed by atoms with Crippen molar-refractivity contribution >= 4 is 34.1 Å². The van der Waals surface area contributed by atoms with Gasteiger partial charge in [0.15, 0.2) is 0 Å². The van der Waals surface area contributed by atoms with Gasteiger partial charge in [-0.05, 0) is 68.1 Å². The Hall–Kier alpha value is -3.24. The summed E-state index contributed by atoms with van der Waals surface area (Å²) in [5, 5.41) is 1.34. The molecule has 0 bridgehead atoms. The molecule has 0 spiro atoms. The van der Waals surface area contributed by atoms with Gasteiger partial charge in [-0.25, -0.2) is 4.39 Å². The van der Waals surface area contributed by atoms with E-state index in [4.69, 9.17) is 16.6 Å². The molecule has 0 aliphatic heterocycles. The van der Waals surface area contributed by atoms with Gasteiger partial charge in [0.2, 0.25) is 5.91 Å². The van der Waals surface area contributed by atoms with Gasteiger partial charge in [-0.2, -0.15) is 0 Å². The fourth-order valence-corrected chi connectivity index (χ4v) is 4.64. The van der Waals surface area contributed by atoms with Crippen LogP contribution in [0.15, 0.2) is 60.8 Å². The molecule has 5 heteroatoms. The van der Waals surface area contributed by atoms with Crippen molar-refractivity contribution in [3.63, 3.8) is 0 Å². The summed E-state index contributed by atoms with van der Waals surface area (Å²) in [4.78, 5) is 19.7. The van der Waals surface area contributed by atoms with E-state index in [9.17, 15) is 9.18 Å². The van der Waals surface area contributed by atoms with E-state index in [0.29, 0.717) is 21.7 Å². The van der Waals surface area contributed by atoms with Crippen LogP contribution in [0.4, 0.5) is 10.1 Å². The van der Waals surface area contributed by atoms with Crippen molar-refractivity contribution in [1.29, 1.82) is 0 Å². The summed E-state index contributed by atoms with van der Waals surface area (Å²) in [6.07, 6.45) is 1.70. The second-order valence-electron chi connectivity index (χ2n) is 8.52. The molecule has 33 heavy (non-hydrogen) atoms. The van der Waals surface area contributed by atoms with Crippen LogP contribution in [0, 0.1) is 26.6 Å². The van der Waals surface area contributed by atoms with Crippen molar-refractivity contribution in [3.05, 3.63) is 93.9 Å². The zero-order valence-electron chi connectivity index (χ0n) is 19.4. The van der Waals surface area contributed by atoms with E-state index in [2.05, 4.69) is 0 Å². The fourth-order valence-electron chi connectivity index (χ4n) is 4.47. The lowest BCUT2D eigenvalue weighted by atomic mass is 9.93. The van der Waals surface area contributed by atoms with Crippen LogP contribution in [0.5, 0.6) is 0 Å². The Bertz CT molecular complexity index is 1380. The van der Waals surface area contributed by atoms with Crippen LogP contribution >= 0.6 is 11.6 Å². The maximum Gasteiger partial charge on any atom is 0.234 e. The van der Waals surface area contributed by atoms with E-state index in [1.807, 2.05) is 64.1 Å². The summed E-state index contributed by atoms with van der Waals surface area (Å²) in [5.74, 6) is -0.653. The number of aryl methyl sites for hydroxylation is 3. The van der Waals surface area contributed by atoms with E-state index in [-0.39, 0.29) is 17.6 Å². The van der Waals surface area contributed by atoms with Crippen molar-refractivity contribution in [2.75, 3.05) is 11.9 Å². The Morgan fingerprint density at radius 1 is 1.03 bits per heavy atom. The SMILES string of the molecule is Cc1ccccc1C(C)C(=O)N(C)c1cnc2c(-c3cc(Cl)ccc3F)c(C)ccc2c1C. The number of pyridine rings is 1. The second kappa shape index (κ2) is 8.95. The molecule has 0 fully saturated rings. The smallest absolute Gasteiger partial charge is 0.234 e. The normalized spacial score (nSPS) is 12.1. The van der Waals surface area contributed by atoms with Gasteiger partial charge in [-0.1, -0.05) is 48.0 Å². The van der Waals surface area contributed by atoms with Gasteiger partial charge in [0.1, 0.15) is 5.82 Å². The highest BCUT2D eigenvalue weighted by Gasteiger charge is 2.24. The first-order valence-electron chi connectivity index (χ1n) is 10.9. The Morgan fingerprint density at radius 3 is 2.48 bits per heavy atom. The van der Waals surface area contributed by atoms with Gasteiger partial charge >= 0.3 is 0 Å². The molecule has 1 heterocycles. The number of anilines is 1. The number of carbonyl (C=O) groups excluding carboxylic acids is 1. The number of hydrogen-bond donors (Lipinski definition) is 0. The number of likely N-dealkylation sites (N-methyl/N-ethyl adjacent to an activating group) is 1. The molecule has 1 aromatic heterocycles. The minimum Gasteiger partial charge on any atom is -0.313 e. The topological polar surface area (TPSA) is 33.2 Å². The highest BCUT2D eigenvalue weighted by atomic mass is 35.5. The molecule has 0 saturated heterocycles. The van der Waals surface area contributed by atoms with Crippen LogP contribution in [0.2, 0.25) is 5.02 Å². The number of halogens is 2. The summed E-state index contributed by atoms with van der Waals surface area (Å²) in [6.45, 7) is 7.84. The van der Waals surface area contributed by atoms with E-state index < -0.39 is 0 Å². The lowest BCUT2D eigenvalue weighted by Crippen LogP contribution is -2.31. The Labute approximate surface area is 198 Å². The molecule has 4 aromatic rings. The number of fused-ring (bicyclic) bond motifs is 1. The fraction of sp³-hybridized carbons (Fsp3) is 0.214. The number of carbonyl (C=O) groups is 1. The quantitative estimate of drug-likeness (QED) is 0.318. The molecule has 1 atom stereocenters. The van der Waals surface area contributed by atoms with Gasteiger partial charge in [0.25, 0.3) is 0 Å². The van der Waals surface area contributed by atoms with Crippen LogP contribution in [0.1, 0.15) is 35.1 Å². The van der Waals surface area contributed by atoms with Crippen molar-refractivity contribution in [1.82, 2.24) is 4.98 Å². The number of rotatable bonds is 4. The average molecular weight is 461 g/mol. The molecule has 0 radical (unpaired) electrons. The predicted molar refractivity (Wildman–Crippen MR) is 135 cm³/mol. The van der Waals surface area contributed by atoms with Crippen LogP contribution in [0.25, 0.3) is 22.0 Å². The van der Waals surface area contributed by atoms with E-state index >= 15 is 0 Å².